The van der Waals surface area contributed by atoms with E-state index in [-0.39, 0.29) is 11.4 Å². The van der Waals surface area contributed by atoms with Crippen molar-refractivity contribution >= 4 is 29.3 Å². The summed E-state index contributed by atoms with van der Waals surface area (Å²) in [4.78, 5) is 23.0. The number of hydrogen-bond acceptors (Lipinski definition) is 3. The Morgan fingerprint density at radius 2 is 1.65 bits per heavy atom. The number of carbonyl (C=O) groups excluding carboxylic acids is 2. The van der Waals surface area contributed by atoms with Gasteiger partial charge in [-0.1, -0.05) is 12.1 Å². The quantitative estimate of drug-likeness (QED) is 0.766. The second-order valence-corrected chi connectivity index (χ2v) is 5.32. The Kier molecular flexibility index (Phi) is 6.43. The monoisotopic (exact) mass is 360 g/mol. The topological polar surface area (TPSA) is 67.4 Å². The largest absolute Gasteiger partial charge is 0.494 e. The summed E-state index contributed by atoms with van der Waals surface area (Å²) < 4.78 is 32.7. The Labute approximate surface area is 149 Å². The molecule has 0 bridgehead atoms. The van der Waals surface area contributed by atoms with Gasteiger partial charge in [0.1, 0.15) is 17.4 Å². The van der Waals surface area contributed by atoms with Gasteiger partial charge in [0.2, 0.25) is 11.8 Å². The van der Waals surface area contributed by atoms with Crippen LogP contribution in [0.2, 0.25) is 0 Å². The summed E-state index contributed by atoms with van der Waals surface area (Å²) >= 11 is 0. The first-order valence-electron chi connectivity index (χ1n) is 7.87. The maximum Gasteiger partial charge on any atom is 0.248 e. The molecule has 0 spiro atoms. The van der Waals surface area contributed by atoms with Gasteiger partial charge in [-0.2, -0.15) is 0 Å². The van der Waals surface area contributed by atoms with Crippen molar-refractivity contribution in [2.75, 3.05) is 17.2 Å². The van der Waals surface area contributed by atoms with Gasteiger partial charge < -0.3 is 15.4 Å². The highest BCUT2D eigenvalue weighted by molar-refractivity contribution is 6.02. The van der Waals surface area contributed by atoms with E-state index < -0.39 is 23.4 Å². The highest BCUT2D eigenvalue weighted by Gasteiger charge is 2.12. The molecule has 0 saturated carbocycles. The van der Waals surface area contributed by atoms with Crippen molar-refractivity contribution in [3.05, 3.63) is 59.7 Å². The van der Waals surface area contributed by atoms with Crippen molar-refractivity contribution in [2.24, 2.45) is 0 Å². The van der Waals surface area contributed by atoms with Crippen LogP contribution in [0.5, 0.6) is 5.75 Å². The number of rotatable bonds is 6. The fourth-order valence-electron chi connectivity index (χ4n) is 2.12. The Morgan fingerprint density at radius 1 is 1.04 bits per heavy atom. The minimum absolute atomic E-state index is 0.218. The fraction of sp³-hybridized carbons (Fsp3) is 0.158. The first kappa shape index (κ1) is 19.1. The highest BCUT2D eigenvalue weighted by Crippen LogP contribution is 2.23. The molecular formula is C19H18F2N2O3. The van der Waals surface area contributed by atoms with Gasteiger partial charge in [0, 0.05) is 19.1 Å². The van der Waals surface area contributed by atoms with Crippen LogP contribution in [0.25, 0.3) is 6.08 Å². The number of ether oxygens (including phenoxy) is 1. The van der Waals surface area contributed by atoms with Gasteiger partial charge in [0.15, 0.2) is 0 Å². The molecule has 0 aliphatic rings. The lowest BCUT2D eigenvalue weighted by Gasteiger charge is -2.09. The molecule has 0 fully saturated rings. The van der Waals surface area contributed by atoms with Gasteiger partial charge >= 0.3 is 0 Å². The zero-order valence-electron chi connectivity index (χ0n) is 14.3. The van der Waals surface area contributed by atoms with Gasteiger partial charge in [-0.25, -0.2) is 8.78 Å². The van der Waals surface area contributed by atoms with Crippen molar-refractivity contribution < 1.29 is 23.1 Å². The van der Waals surface area contributed by atoms with E-state index in [0.29, 0.717) is 18.4 Å². The molecule has 0 aliphatic carbocycles. The summed E-state index contributed by atoms with van der Waals surface area (Å²) in [5, 5.41) is 4.54. The molecule has 0 heterocycles. The molecule has 2 aromatic rings. The predicted molar refractivity (Wildman–Crippen MR) is 95.9 cm³/mol. The summed E-state index contributed by atoms with van der Waals surface area (Å²) in [5.41, 5.74) is 0.295. The van der Waals surface area contributed by atoms with E-state index in [1.807, 2.05) is 6.92 Å². The second kappa shape index (κ2) is 8.75. The Hall–Kier alpha value is -3.22. The van der Waals surface area contributed by atoms with Crippen LogP contribution < -0.4 is 15.4 Å². The molecule has 5 nitrogen and oxygen atoms in total. The molecule has 0 saturated heterocycles. The second-order valence-electron chi connectivity index (χ2n) is 5.32. The van der Waals surface area contributed by atoms with Crippen LogP contribution in [0.15, 0.2) is 42.5 Å². The van der Waals surface area contributed by atoms with Crippen LogP contribution in [0.4, 0.5) is 20.2 Å². The smallest absolute Gasteiger partial charge is 0.248 e. The molecule has 26 heavy (non-hydrogen) atoms. The molecule has 0 atom stereocenters. The molecule has 136 valence electrons. The van der Waals surface area contributed by atoms with Crippen molar-refractivity contribution in [1.29, 1.82) is 0 Å². The van der Waals surface area contributed by atoms with Crippen molar-refractivity contribution in [1.82, 2.24) is 0 Å². The van der Waals surface area contributed by atoms with Gasteiger partial charge in [0.25, 0.3) is 0 Å². The van der Waals surface area contributed by atoms with E-state index in [4.69, 9.17) is 4.74 Å². The normalized spacial score (nSPS) is 10.6. The van der Waals surface area contributed by atoms with Crippen LogP contribution in [-0.2, 0) is 9.59 Å². The van der Waals surface area contributed by atoms with Gasteiger partial charge in [-0.05, 0) is 36.8 Å². The summed E-state index contributed by atoms with van der Waals surface area (Å²) in [6.07, 6.45) is 2.76. The zero-order chi connectivity index (χ0) is 19.1. The predicted octanol–water partition coefficient (Wildman–Crippen LogP) is 3.97. The number of amides is 2. The first-order valence-corrected chi connectivity index (χ1v) is 7.87. The lowest BCUT2D eigenvalue weighted by molar-refractivity contribution is -0.114. The molecule has 0 radical (unpaired) electrons. The van der Waals surface area contributed by atoms with E-state index in [0.717, 1.165) is 11.6 Å². The Morgan fingerprint density at radius 3 is 2.23 bits per heavy atom. The minimum atomic E-state index is -0.945. The maximum atomic E-state index is 13.8. The lowest BCUT2D eigenvalue weighted by Crippen LogP contribution is -2.12. The number of carbonyl (C=O) groups is 2. The average Bonchev–Trinajstić information content (AvgIpc) is 2.58. The summed E-state index contributed by atoms with van der Waals surface area (Å²) in [7, 11) is 0. The van der Waals surface area contributed by atoms with Crippen LogP contribution in [0, 0.1) is 11.6 Å². The molecule has 0 aliphatic heterocycles. The molecular weight excluding hydrogens is 342 g/mol. The molecule has 0 aromatic heterocycles. The van der Waals surface area contributed by atoms with Crippen molar-refractivity contribution in [2.45, 2.75) is 13.8 Å². The Bertz CT molecular complexity index is 833. The van der Waals surface area contributed by atoms with Gasteiger partial charge in [0.05, 0.1) is 18.0 Å². The maximum absolute atomic E-state index is 13.8. The standard InChI is InChI=1S/C19H18F2N2O3/c1-3-26-14-7-4-13(5-8-14)6-9-19(25)23-18-11-17(22-12(2)24)15(20)10-16(18)21/h4-11H,3H2,1-2H3,(H,22,24)(H,23,25)/b9-6+. The van der Waals surface area contributed by atoms with Crippen LogP contribution in [0.1, 0.15) is 19.4 Å². The van der Waals surface area contributed by atoms with E-state index >= 15 is 0 Å². The molecule has 2 aromatic carbocycles. The van der Waals surface area contributed by atoms with E-state index in [1.165, 1.54) is 13.0 Å². The van der Waals surface area contributed by atoms with Crippen molar-refractivity contribution in [3.63, 3.8) is 0 Å². The number of nitrogens with one attached hydrogen (secondary N) is 2. The van der Waals surface area contributed by atoms with E-state index in [2.05, 4.69) is 10.6 Å². The summed E-state index contributed by atoms with van der Waals surface area (Å²) in [5.74, 6) is -2.27. The van der Waals surface area contributed by atoms with E-state index in [9.17, 15) is 18.4 Å². The SMILES string of the molecule is CCOc1ccc(/C=C/C(=O)Nc2cc(NC(C)=O)c(F)cc2F)cc1. The van der Waals surface area contributed by atoms with Gasteiger partial charge in [-0.15, -0.1) is 0 Å². The van der Waals surface area contributed by atoms with Crippen molar-refractivity contribution in [3.8, 4) is 5.75 Å². The van der Waals surface area contributed by atoms with Gasteiger partial charge in [-0.3, -0.25) is 9.59 Å². The number of halogens is 2. The zero-order valence-corrected chi connectivity index (χ0v) is 14.3. The summed E-state index contributed by atoms with van der Waals surface area (Å²) in [6, 6.07) is 8.68. The first-order chi connectivity index (χ1) is 12.4. The third kappa shape index (κ3) is 5.41. The molecule has 2 rings (SSSR count). The third-order valence-electron chi connectivity index (χ3n) is 3.24. The molecule has 2 amide bonds. The van der Waals surface area contributed by atoms with Crippen LogP contribution in [-0.4, -0.2) is 18.4 Å². The van der Waals surface area contributed by atoms with Crippen LogP contribution in [0.3, 0.4) is 0 Å². The number of hydrogen-bond donors (Lipinski definition) is 2. The lowest BCUT2D eigenvalue weighted by atomic mass is 10.2. The molecule has 2 N–H and O–H groups in total. The Balaban J connectivity index is 2.08. The van der Waals surface area contributed by atoms with E-state index in [1.54, 1.807) is 30.3 Å². The molecule has 0 unspecified atom stereocenters. The minimum Gasteiger partial charge on any atom is -0.494 e. The average molecular weight is 360 g/mol. The highest BCUT2D eigenvalue weighted by atomic mass is 19.1. The number of anilines is 2. The fourth-order valence-corrected chi connectivity index (χ4v) is 2.12. The molecule has 7 heteroatoms. The number of benzene rings is 2. The third-order valence-corrected chi connectivity index (χ3v) is 3.24. The van der Waals surface area contributed by atoms with Crippen LogP contribution >= 0.6 is 0 Å². The summed E-state index contributed by atoms with van der Waals surface area (Å²) in [6.45, 7) is 3.63.